The van der Waals surface area contributed by atoms with E-state index in [2.05, 4.69) is 18.9 Å². The number of hydrogen-bond acceptors (Lipinski definition) is 1. The number of aromatic nitrogens is 2. The number of hydrogen-bond donors (Lipinski definition) is 0. The Morgan fingerprint density at radius 1 is 1.29 bits per heavy atom. The summed E-state index contributed by atoms with van der Waals surface area (Å²) in [6.07, 6.45) is 1.77. The van der Waals surface area contributed by atoms with Crippen molar-refractivity contribution in [2.45, 2.75) is 19.9 Å². The van der Waals surface area contributed by atoms with Crippen LogP contribution in [0.2, 0.25) is 10.0 Å². The van der Waals surface area contributed by atoms with Crippen LogP contribution in [0.4, 0.5) is 0 Å². The molecule has 0 unspecified atom stereocenters. The van der Waals surface area contributed by atoms with Crippen molar-refractivity contribution >= 4 is 34.1 Å². The number of benzene rings is 1. The van der Waals surface area contributed by atoms with Crippen molar-refractivity contribution in [1.82, 2.24) is 9.78 Å². The van der Waals surface area contributed by atoms with E-state index >= 15 is 0 Å². The third kappa shape index (κ3) is 1.49. The van der Waals surface area contributed by atoms with Crippen molar-refractivity contribution in [3.05, 3.63) is 28.4 Å². The van der Waals surface area contributed by atoms with Crippen LogP contribution in [0, 0.1) is 0 Å². The Bertz CT molecular complexity index is 474. The molecule has 1 aromatic carbocycles. The van der Waals surface area contributed by atoms with Gasteiger partial charge in [-0.3, -0.25) is 4.68 Å². The molecule has 2 aromatic rings. The monoisotopic (exact) mass is 228 g/mol. The van der Waals surface area contributed by atoms with Gasteiger partial charge in [-0.05, 0) is 26.0 Å². The van der Waals surface area contributed by atoms with Crippen LogP contribution in [0.5, 0.6) is 0 Å². The van der Waals surface area contributed by atoms with Crippen LogP contribution in [-0.4, -0.2) is 9.78 Å². The highest BCUT2D eigenvalue weighted by atomic mass is 35.5. The molecule has 0 aliphatic carbocycles. The van der Waals surface area contributed by atoms with Crippen molar-refractivity contribution in [1.29, 1.82) is 0 Å². The van der Waals surface area contributed by atoms with Gasteiger partial charge in [0.05, 0.1) is 16.7 Å². The van der Waals surface area contributed by atoms with Crippen LogP contribution in [0.15, 0.2) is 18.3 Å². The topological polar surface area (TPSA) is 17.8 Å². The second-order valence-corrected chi connectivity index (χ2v) is 4.35. The van der Waals surface area contributed by atoms with Crippen molar-refractivity contribution in [2.75, 3.05) is 0 Å². The lowest BCUT2D eigenvalue weighted by Gasteiger charge is -2.07. The molecule has 1 heterocycles. The largest absolute Gasteiger partial charge is 0.262 e. The fraction of sp³-hybridized carbons (Fsp3) is 0.300. The van der Waals surface area contributed by atoms with E-state index < -0.39 is 0 Å². The average Bonchev–Trinajstić information content (AvgIpc) is 2.47. The molecule has 0 saturated heterocycles. The molecule has 14 heavy (non-hydrogen) atoms. The van der Waals surface area contributed by atoms with Gasteiger partial charge in [0.2, 0.25) is 0 Å². The van der Waals surface area contributed by atoms with Crippen LogP contribution in [0.1, 0.15) is 19.9 Å². The molecule has 0 radical (unpaired) electrons. The number of fused-ring (bicyclic) bond motifs is 1. The Morgan fingerprint density at radius 2 is 2.00 bits per heavy atom. The fourth-order valence-corrected chi connectivity index (χ4v) is 2.01. The van der Waals surface area contributed by atoms with E-state index in [1.54, 1.807) is 12.3 Å². The number of rotatable bonds is 1. The molecule has 0 aliphatic heterocycles. The van der Waals surface area contributed by atoms with E-state index in [0.29, 0.717) is 16.1 Å². The highest BCUT2D eigenvalue weighted by molar-refractivity contribution is 6.38. The zero-order chi connectivity index (χ0) is 10.3. The van der Waals surface area contributed by atoms with Gasteiger partial charge in [-0.1, -0.05) is 23.2 Å². The summed E-state index contributed by atoms with van der Waals surface area (Å²) in [5, 5.41) is 6.51. The normalized spacial score (nSPS) is 11.5. The second kappa shape index (κ2) is 3.44. The van der Waals surface area contributed by atoms with Gasteiger partial charge in [0, 0.05) is 16.5 Å². The molecule has 74 valence electrons. The average molecular weight is 229 g/mol. The van der Waals surface area contributed by atoms with Crippen LogP contribution in [0.25, 0.3) is 10.9 Å². The molecule has 0 bridgehead atoms. The van der Waals surface area contributed by atoms with E-state index in [1.165, 1.54) is 0 Å². The molecule has 0 fully saturated rings. The first-order valence-electron chi connectivity index (χ1n) is 4.42. The quantitative estimate of drug-likeness (QED) is 0.724. The van der Waals surface area contributed by atoms with Gasteiger partial charge < -0.3 is 0 Å². The summed E-state index contributed by atoms with van der Waals surface area (Å²) in [6, 6.07) is 3.93. The second-order valence-electron chi connectivity index (χ2n) is 3.50. The summed E-state index contributed by atoms with van der Waals surface area (Å²) in [7, 11) is 0. The summed E-state index contributed by atoms with van der Waals surface area (Å²) >= 11 is 12.0. The SMILES string of the molecule is CC(C)n1ncc2c(Cl)cc(Cl)cc21. The van der Waals surface area contributed by atoms with Gasteiger partial charge in [0.25, 0.3) is 0 Å². The number of nitrogens with zero attached hydrogens (tertiary/aromatic N) is 2. The summed E-state index contributed by atoms with van der Waals surface area (Å²) in [4.78, 5) is 0. The summed E-state index contributed by atoms with van der Waals surface area (Å²) in [6.45, 7) is 4.14. The van der Waals surface area contributed by atoms with E-state index in [4.69, 9.17) is 23.2 Å². The molecule has 0 saturated carbocycles. The Morgan fingerprint density at radius 3 is 2.64 bits per heavy atom. The van der Waals surface area contributed by atoms with Crippen molar-refractivity contribution in [3.63, 3.8) is 0 Å². The van der Waals surface area contributed by atoms with Crippen LogP contribution < -0.4 is 0 Å². The lowest BCUT2D eigenvalue weighted by molar-refractivity contribution is 0.551. The molecule has 0 spiro atoms. The number of halogens is 2. The molecular weight excluding hydrogens is 219 g/mol. The van der Waals surface area contributed by atoms with Crippen molar-refractivity contribution < 1.29 is 0 Å². The maximum absolute atomic E-state index is 6.04. The maximum Gasteiger partial charge on any atom is 0.0715 e. The van der Waals surface area contributed by atoms with E-state index in [1.807, 2.05) is 10.7 Å². The molecule has 1 aromatic heterocycles. The van der Waals surface area contributed by atoms with Gasteiger partial charge >= 0.3 is 0 Å². The Balaban J connectivity index is 2.78. The van der Waals surface area contributed by atoms with Gasteiger partial charge in [-0.2, -0.15) is 5.10 Å². The van der Waals surface area contributed by atoms with E-state index in [9.17, 15) is 0 Å². The first-order chi connectivity index (χ1) is 6.59. The minimum absolute atomic E-state index is 0.307. The predicted molar refractivity (Wildman–Crippen MR) is 60.1 cm³/mol. The van der Waals surface area contributed by atoms with Crippen LogP contribution in [-0.2, 0) is 0 Å². The van der Waals surface area contributed by atoms with Crippen LogP contribution in [0.3, 0.4) is 0 Å². The molecule has 0 N–H and O–H groups in total. The molecule has 4 heteroatoms. The van der Waals surface area contributed by atoms with Gasteiger partial charge in [0.1, 0.15) is 0 Å². The smallest absolute Gasteiger partial charge is 0.0715 e. The van der Waals surface area contributed by atoms with E-state index in [-0.39, 0.29) is 0 Å². The Labute approximate surface area is 92.4 Å². The highest BCUT2D eigenvalue weighted by Crippen LogP contribution is 2.28. The summed E-state index contributed by atoms with van der Waals surface area (Å²) in [5.74, 6) is 0. The molecule has 0 aliphatic rings. The van der Waals surface area contributed by atoms with Crippen LogP contribution >= 0.6 is 23.2 Å². The van der Waals surface area contributed by atoms with E-state index in [0.717, 1.165) is 10.9 Å². The summed E-state index contributed by atoms with van der Waals surface area (Å²) < 4.78 is 1.91. The van der Waals surface area contributed by atoms with Gasteiger partial charge in [-0.25, -0.2) is 0 Å². The van der Waals surface area contributed by atoms with Gasteiger partial charge in [0.15, 0.2) is 0 Å². The van der Waals surface area contributed by atoms with Crippen molar-refractivity contribution in [3.8, 4) is 0 Å². The zero-order valence-electron chi connectivity index (χ0n) is 7.96. The lowest BCUT2D eigenvalue weighted by atomic mass is 10.2. The van der Waals surface area contributed by atoms with Crippen molar-refractivity contribution in [2.24, 2.45) is 0 Å². The molecule has 2 nitrogen and oxygen atoms in total. The first kappa shape index (κ1) is 9.81. The Kier molecular flexibility index (Phi) is 2.41. The first-order valence-corrected chi connectivity index (χ1v) is 5.17. The predicted octanol–water partition coefficient (Wildman–Crippen LogP) is 3.92. The molecule has 0 amide bonds. The zero-order valence-corrected chi connectivity index (χ0v) is 9.47. The fourth-order valence-electron chi connectivity index (χ4n) is 1.48. The van der Waals surface area contributed by atoms with Gasteiger partial charge in [-0.15, -0.1) is 0 Å². The standard InChI is InChI=1S/C10H10Cl2N2/c1-6(2)14-10-4-7(11)3-9(12)8(10)5-13-14/h3-6H,1-2H3. The minimum Gasteiger partial charge on any atom is -0.262 e. The minimum atomic E-state index is 0.307. The lowest BCUT2D eigenvalue weighted by Crippen LogP contribution is -2.01. The molecule has 0 atom stereocenters. The molecular formula is C10H10Cl2N2. The molecule has 2 rings (SSSR count). The summed E-state index contributed by atoms with van der Waals surface area (Å²) in [5.41, 5.74) is 0.984. The third-order valence-electron chi connectivity index (χ3n) is 2.12. The maximum atomic E-state index is 6.04. The highest BCUT2D eigenvalue weighted by Gasteiger charge is 2.09. The Hall–Kier alpha value is -0.730. The third-order valence-corrected chi connectivity index (χ3v) is 2.65.